The topological polar surface area (TPSA) is 58.2 Å². The predicted octanol–water partition coefficient (Wildman–Crippen LogP) is 2.48. The minimum absolute atomic E-state index is 0.0652. The Bertz CT molecular complexity index is 534. The van der Waals surface area contributed by atoms with E-state index >= 15 is 0 Å². The predicted molar refractivity (Wildman–Crippen MR) is 70.4 cm³/mol. The van der Waals surface area contributed by atoms with E-state index in [1.807, 2.05) is 0 Å². The molecule has 0 aromatic heterocycles. The molecule has 2 rings (SSSR count). The number of para-hydroxylation sites is 1. The Morgan fingerprint density at radius 3 is 2.75 bits per heavy atom. The molecule has 1 atom stereocenters. The van der Waals surface area contributed by atoms with Crippen LogP contribution in [0.15, 0.2) is 24.3 Å². The van der Waals surface area contributed by atoms with E-state index < -0.39 is 17.7 Å². The number of benzene rings is 1. The molecule has 0 spiro atoms. The van der Waals surface area contributed by atoms with Gasteiger partial charge in [-0.15, -0.1) is 0 Å². The second-order valence-corrected chi connectivity index (χ2v) is 5.18. The maximum absolute atomic E-state index is 12.9. The smallest absolute Gasteiger partial charge is 0.265 e. The van der Waals surface area contributed by atoms with Crippen molar-refractivity contribution >= 4 is 17.5 Å². The summed E-state index contributed by atoms with van der Waals surface area (Å²) < 4.78 is 25.7. The number of alkyl halides is 2. The van der Waals surface area contributed by atoms with Gasteiger partial charge in [-0.2, -0.15) is 0 Å². The summed E-state index contributed by atoms with van der Waals surface area (Å²) in [6, 6.07) is 5.78. The van der Waals surface area contributed by atoms with Gasteiger partial charge in [0.1, 0.15) is 0 Å². The quantitative estimate of drug-likeness (QED) is 0.894. The first-order valence-electron chi connectivity index (χ1n) is 6.37. The molecule has 1 aromatic rings. The SMILES string of the molecule is CC1(C(=O)Nc2ccccc2C(F)F)CCNC(=O)C1. The molecule has 4 nitrogen and oxygen atoms in total. The summed E-state index contributed by atoms with van der Waals surface area (Å²) in [5.41, 5.74) is -0.984. The molecule has 0 bridgehead atoms. The highest BCUT2D eigenvalue weighted by Gasteiger charge is 2.38. The zero-order chi connectivity index (χ0) is 14.8. The largest absolute Gasteiger partial charge is 0.356 e. The molecule has 6 heteroatoms. The van der Waals surface area contributed by atoms with Crippen LogP contribution in [0.25, 0.3) is 0 Å². The molecule has 0 radical (unpaired) electrons. The van der Waals surface area contributed by atoms with E-state index in [0.29, 0.717) is 13.0 Å². The van der Waals surface area contributed by atoms with Gasteiger partial charge in [0.25, 0.3) is 6.43 Å². The monoisotopic (exact) mass is 282 g/mol. The van der Waals surface area contributed by atoms with E-state index in [1.165, 1.54) is 18.2 Å². The van der Waals surface area contributed by atoms with E-state index in [0.717, 1.165) is 0 Å². The second kappa shape index (κ2) is 5.56. The standard InChI is InChI=1S/C14H16F2N2O2/c1-14(6-7-17-11(19)8-14)13(20)18-10-5-3-2-4-9(10)12(15)16/h2-5,12H,6-8H2,1H3,(H,17,19)(H,18,20). The summed E-state index contributed by atoms with van der Waals surface area (Å²) in [4.78, 5) is 23.7. The highest BCUT2D eigenvalue weighted by molar-refractivity contribution is 5.98. The number of hydrogen-bond donors (Lipinski definition) is 2. The van der Waals surface area contributed by atoms with E-state index in [-0.39, 0.29) is 23.6 Å². The Labute approximate surface area is 115 Å². The number of piperidine rings is 1. The molecular weight excluding hydrogens is 266 g/mol. The Morgan fingerprint density at radius 1 is 1.40 bits per heavy atom. The van der Waals surface area contributed by atoms with Gasteiger partial charge in [-0.1, -0.05) is 25.1 Å². The average molecular weight is 282 g/mol. The number of hydrogen-bond acceptors (Lipinski definition) is 2. The molecule has 1 heterocycles. The van der Waals surface area contributed by atoms with Gasteiger partial charge in [-0.3, -0.25) is 9.59 Å². The number of rotatable bonds is 3. The number of halogens is 2. The average Bonchev–Trinajstić information content (AvgIpc) is 2.38. The molecule has 1 aromatic carbocycles. The van der Waals surface area contributed by atoms with Crippen molar-refractivity contribution in [3.8, 4) is 0 Å². The van der Waals surface area contributed by atoms with Crippen molar-refractivity contribution in [1.82, 2.24) is 5.32 Å². The molecule has 108 valence electrons. The first-order chi connectivity index (χ1) is 9.42. The van der Waals surface area contributed by atoms with Crippen LogP contribution in [0, 0.1) is 5.41 Å². The van der Waals surface area contributed by atoms with Crippen LogP contribution in [-0.2, 0) is 9.59 Å². The van der Waals surface area contributed by atoms with E-state index in [1.54, 1.807) is 13.0 Å². The molecule has 20 heavy (non-hydrogen) atoms. The van der Waals surface area contributed by atoms with Crippen molar-refractivity contribution in [2.75, 3.05) is 11.9 Å². The first kappa shape index (κ1) is 14.4. The number of nitrogens with one attached hydrogen (secondary N) is 2. The molecule has 1 fully saturated rings. The van der Waals surface area contributed by atoms with Gasteiger partial charge in [0.05, 0.1) is 5.41 Å². The Hall–Kier alpha value is -1.98. The van der Waals surface area contributed by atoms with E-state index in [9.17, 15) is 18.4 Å². The minimum atomic E-state index is -2.66. The lowest BCUT2D eigenvalue weighted by atomic mass is 9.79. The van der Waals surface area contributed by atoms with Crippen LogP contribution in [-0.4, -0.2) is 18.4 Å². The Morgan fingerprint density at radius 2 is 2.10 bits per heavy atom. The first-order valence-corrected chi connectivity index (χ1v) is 6.37. The molecule has 0 aliphatic carbocycles. The van der Waals surface area contributed by atoms with Crippen molar-refractivity contribution in [2.45, 2.75) is 26.2 Å². The zero-order valence-electron chi connectivity index (χ0n) is 11.1. The van der Waals surface area contributed by atoms with Crippen LogP contribution in [0.3, 0.4) is 0 Å². The van der Waals surface area contributed by atoms with Crippen LogP contribution >= 0.6 is 0 Å². The van der Waals surface area contributed by atoms with Gasteiger partial charge in [0.15, 0.2) is 0 Å². The fraction of sp³-hybridized carbons (Fsp3) is 0.429. The lowest BCUT2D eigenvalue weighted by Gasteiger charge is -2.32. The number of anilines is 1. The van der Waals surface area contributed by atoms with Gasteiger partial charge in [0.2, 0.25) is 11.8 Å². The van der Waals surface area contributed by atoms with Crippen LogP contribution in [0.1, 0.15) is 31.8 Å². The van der Waals surface area contributed by atoms with Gasteiger partial charge in [-0.05, 0) is 12.5 Å². The summed E-state index contributed by atoms with van der Waals surface area (Å²) in [5.74, 6) is -0.600. The Kier molecular flexibility index (Phi) is 4.01. The third-order valence-corrected chi connectivity index (χ3v) is 3.54. The summed E-state index contributed by atoms with van der Waals surface area (Å²) in [7, 11) is 0. The third-order valence-electron chi connectivity index (χ3n) is 3.54. The highest BCUT2D eigenvalue weighted by Crippen LogP contribution is 2.32. The molecule has 1 saturated heterocycles. The number of amides is 2. The molecule has 1 aliphatic rings. The summed E-state index contributed by atoms with van der Waals surface area (Å²) >= 11 is 0. The number of carbonyl (C=O) groups excluding carboxylic acids is 2. The fourth-order valence-corrected chi connectivity index (χ4v) is 2.25. The van der Waals surface area contributed by atoms with E-state index in [4.69, 9.17) is 0 Å². The normalized spacial score (nSPS) is 22.5. The van der Waals surface area contributed by atoms with Gasteiger partial charge in [-0.25, -0.2) is 8.78 Å². The van der Waals surface area contributed by atoms with E-state index in [2.05, 4.69) is 10.6 Å². The highest BCUT2D eigenvalue weighted by atomic mass is 19.3. The van der Waals surface area contributed by atoms with Crippen molar-refractivity contribution in [3.63, 3.8) is 0 Å². The van der Waals surface area contributed by atoms with Crippen molar-refractivity contribution in [1.29, 1.82) is 0 Å². The zero-order valence-corrected chi connectivity index (χ0v) is 11.1. The molecule has 2 N–H and O–H groups in total. The maximum Gasteiger partial charge on any atom is 0.265 e. The fourth-order valence-electron chi connectivity index (χ4n) is 2.25. The maximum atomic E-state index is 12.9. The van der Waals surface area contributed by atoms with Crippen LogP contribution in [0.4, 0.5) is 14.5 Å². The molecule has 2 amide bonds. The van der Waals surface area contributed by atoms with Gasteiger partial charge in [0, 0.05) is 24.2 Å². The minimum Gasteiger partial charge on any atom is -0.356 e. The molecule has 0 saturated carbocycles. The van der Waals surface area contributed by atoms with Crippen LogP contribution in [0.2, 0.25) is 0 Å². The number of carbonyl (C=O) groups is 2. The van der Waals surface area contributed by atoms with Gasteiger partial charge >= 0.3 is 0 Å². The molecule has 1 unspecified atom stereocenters. The lowest BCUT2D eigenvalue weighted by Crippen LogP contribution is -2.45. The Balaban J connectivity index is 2.17. The summed E-state index contributed by atoms with van der Waals surface area (Å²) in [6.07, 6.45) is -2.11. The summed E-state index contributed by atoms with van der Waals surface area (Å²) in [6.45, 7) is 2.09. The van der Waals surface area contributed by atoms with Crippen molar-refractivity contribution in [3.05, 3.63) is 29.8 Å². The van der Waals surface area contributed by atoms with Crippen LogP contribution in [0.5, 0.6) is 0 Å². The van der Waals surface area contributed by atoms with Gasteiger partial charge < -0.3 is 10.6 Å². The second-order valence-electron chi connectivity index (χ2n) is 5.18. The third kappa shape index (κ3) is 2.95. The summed E-state index contributed by atoms with van der Waals surface area (Å²) in [5, 5.41) is 5.17. The molecule has 1 aliphatic heterocycles. The molecular formula is C14H16F2N2O2. The van der Waals surface area contributed by atoms with Crippen molar-refractivity contribution < 1.29 is 18.4 Å². The van der Waals surface area contributed by atoms with Crippen molar-refractivity contribution in [2.24, 2.45) is 5.41 Å². The van der Waals surface area contributed by atoms with Crippen LogP contribution < -0.4 is 10.6 Å². The lowest BCUT2D eigenvalue weighted by molar-refractivity contribution is -0.134.